The molecule has 114 valence electrons. The van der Waals surface area contributed by atoms with Crippen LogP contribution in [0.5, 0.6) is 0 Å². The molecule has 0 radical (unpaired) electrons. The third-order valence-corrected chi connectivity index (χ3v) is 7.01. The Balaban J connectivity index is 1.44. The van der Waals surface area contributed by atoms with E-state index in [-0.39, 0.29) is 5.60 Å². The molecule has 0 aromatic heterocycles. The summed E-state index contributed by atoms with van der Waals surface area (Å²) >= 11 is 2.06. The predicted octanol–water partition coefficient (Wildman–Crippen LogP) is 2.28. The van der Waals surface area contributed by atoms with E-state index in [2.05, 4.69) is 16.7 Å². The van der Waals surface area contributed by atoms with Gasteiger partial charge in [-0.3, -0.25) is 4.90 Å². The Morgan fingerprint density at radius 2 is 1.90 bits per heavy atom. The highest BCUT2D eigenvalue weighted by Gasteiger charge is 2.50. The third-order valence-electron chi connectivity index (χ3n) is 6.03. The van der Waals surface area contributed by atoms with Crippen molar-refractivity contribution in [1.29, 1.82) is 0 Å². The summed E-state index contributed by atoms with van der Waals surface area (Å²) in [6.45, 7) is 2.90. The molecule has 1 saturated carbocycles. The molecular weight excluding hydrogens is 270 g/mol. The van der Waals surface area contributed by atoms with Gasteiger partial charge in [0.15, 0.2) is 0 Å². The van der Waals surface area contributed by atoms with E-state index in [0.717, 1.165) is 45.0 Å². The van der Waals surface area contributed by atoms with Gasteiger partial charge in [0, 0.05) is 25.7 Å². The van der Waals surface area contributed by atoms with Gasteiger partial charge in [-0.25, -0.2) is 0 Å². The SMILES string of the molecule is OC1(C2CCOC3(CCSCC3)C2)CCN(C2CC2)C1. The molecule has 3 saturated heterocycles. The van der Waals surface area contributed by atoms with E-state index in [1.807, 2.05) is 0 Å². The van der Waals surface area contributed by atoms with Gasteiger partial charge in [-0.15, -0.1) is 0 Å². The van der Waals surface area contributed by atoms with E-state index >= 15 is 0 Å². The Morgan fingerprint density at radius 1 is 1.10 bits per heavy atom. The molecule has 0 aromatic carbocycles. The molecule has 20 heavy (non-hydrogen) atoms. The van der Waals surface area contributed by atoms with Crippen LogP contribution in [0, 0.1) is 5.92 Å². The monoisotopic (exact) mass is 297 g/mol. The van der Waals surface area contributed by atoms with E-state index in [1.54, 1.807) is 0 Å². The maximum absolute atomic E-state index is 11.2. The van der Waals surface area contributed by atoms with Crippen molar-refractivity contribution in [2.24, 2.45) is 5.92 Å². The highest BCUT2D eigenvalue weighted by molar-refractivity contribution is 7.99. The van der Waals surface area contributed by atoms with Crippen molar-refractivity contribution in [3.63, 3.8) is 0 Å². The Labute approximate surface area is 126 Å². The number of nitrogens with zero attached hydrogens (tertiary/aromatic N) is 1. The maximum atomic E-state index is 11.2. The molecule has 4 rings (SSSR count). The van der Waals surface area contributed by atoms with E-state index < -0.39 is 5.60 Å². The third kappa shape index (κ3) is 2.53. The molecule has 4 aliphatic rings. The molecule has 0 aromatic rings. The van der Waals surface area contributed by atoms with Crippen molar-refractivity contribution in [1.82, 2.24) is 4.90 Å². The first kappa shape index (κ1) is 13.9. The number of likely N-dealkylation sites (tertiary alicyclic amines) is 1. The van der Waals surface area contributed by atoms with Crippen LogP contribution >= 0.6 is 11.8 Å². The van der Waals surface area contributed by atoms with E-state index in [4.69, 9.17) is 4.74 Å². The van der Waals surface area contributed by atoms with E-state index in [9.17, 15) is 5.11 Å². The predicted molar refractivity (Wildman–Crippen MR) is 82.1 cm³/mol. The fourth-order valence-corrected chi connectivity index (χ4v) is 5.75. The van der Waals surface area contributed by atoms with Crippen LogP contribution in [-0.4, -0.2) is 58.5 Å². The molecule has 2 atom stereocenters. The molecule has 1 aliphatic carbocycles. The number of hydrogen-bond acceptors (Lipinski definition) is 4. The summed E-state index contributed by atoms with van der Waals surface area (Å²) in [6, 6.07) is 0.795. The molecule has 4 heteroatoms. The van der Waals surface area contributed by atoms with Crippen LogP contribution in [-0.2, 0) is 4.74 Å². The van der Waals surface area contributed by atoms with Gasteiger partial charge in [-0.05, 0) is 62.4 Å². The van der Waals surface area contributed by atoms with Crippen molar-refractivity contribution in [3.8, 4) is 0 Å². The summed E-state index contributed by atoms with van der Waals surface area (Å²) in [6.07, 6.45) is 8.23. The Bertz CT molecular complexity index is 362. The van der Waals surface area contributed by atoms with Crippen LogP contribution in [0.2, 0.25) is 0 Å². The van der Waals surface area contributed by atoms with Gasteiger partial charge in [0.2, 0.25) is 0 Å². The lowest BCUT2D eigenvalue weighted by molar-refractivity contribution is -0.143. The van der Waals surface area contributed by atoms with Gasteiger partial charge in [-0.1, -0.05) is 0 Å². The smallest absolute Gasteiger partial charge is 0.0816 e. The fourth-order valence-electron chi connectivity index (χ4n) is 4.51. The minimum atomic E-state index is -0.427. The van der Waals surface area contributed by atoms with E-state index in [0.29, 0.717) is 5.92 Å². The molecular formula is C16H27NO2S. The Hall–Kier alpha value is 0.230. The van der Waals surface area contributed by atoms with Gasteiger partial charge < -0.3 is 9.84 Å². The van der Waals surface area contributed by atoms with E-state index in [1.165, 1.54) is 37.2 Å². The quantitative estimate of drug-likeness (QED) is 0.847. The molecule has 0 amide bonds. The number of ether oxygens (including phenoxy) is 1. The zero-order valence-corrected chi connectivity index (χ0v) is 13.2. The summed E-state index contributed by atoms with van der Waals surface area (Å²) in [5.74, 6) is 2.93. The number of aliphatic hydroxyl groups is 1. The lowest BCUT2D eigenvalue weighted by atomic mass is 9.73. The summed E-state index contributed by atoms with van der Waals surface area (Å²) in [5, 5.41) is 11.2. The second kappa shape index (κ2) is 5.15. The average molecular weight is 297 g/mol. The molecule has 0 bridgehead atoms. The number of thioether (sulfide) groups is 1. The first-order valence-corrected chi connectivity index (χ1v) is 9.53. The van der Waals surface area contributed by atoms with Gasteiger partial charge in [0.25, 0.3) is 0 Å². The van der Waals surface area contributed by atoms with Crippen molar-refractivity contribution in [2.75, 3.05) is 31.2 Å². The first-order valence-electron chi connectivity index (χ1n) is 8.37. The van der Waals surface area contributed by atoms with Crippen LogP contribution in [0.15, 0.2) is 0 Å². The van der Waals surface area contributed by atoms with Crippen LogP contribution in [0.1, 0.15) is 44.9 Å². The molecule has 3 heterocycles. The minimum Gasteiger partial charge on any atom is -0.388 e. The average Bonchev–Trinajstić information content (AvgIpc) is 3.23. The summed E-state index contributed by atoms with van der Waals surface area (Å²) in [5.41, 5.74) is -0.319. The second-order valence-electron chi connectivity index (χ2n) is 7.39. The van der Waals surface area contributed by atoms with Crippen LogP contribution in [0.25, 0.3) is 0 Å². The highest BCUT2D eigenvalue weighted by Crippen LogP contribution is 2.46. The molecule has 1 N–H and O–H groups in total. The normalized spacial score (nSPS) is 42.1. The second-order valence-corrected chi connectivity index (χ2v) is 8.61. The molecule has 4 fully saturated rings. The Kier molecular flexibility index (Phi) is 3.57. The van der Waals surface area contributed by atoms with Crippen LogP contribution < -0.4 is 0 Å². The first-order chi connectivity index (χ1) is 9.69. The lowest BCUT2D eigenvalue weighted by Gasteiger charge is -2.47. The van der Waals surface area contributed by atoms with Crippen LogP contribution in [0.4, 0.5) is 0 Å². The highest BCUT2D eigenvalue weighted by atomic mass is 32.2. The van der Waals surface area contributed by atoms with Crippen molar-refractivity contribution < 1.29 is 9.84 Å². The Morgan fingerprint density at radius 3 is 2.65 bits per heavy atom. The van der Waals surface area contributed by atoms with Gasteiger partial charge >= 0.3 is 0 Å². The molecule has 3 nitrogen and oxygen atoms in total. The maximum Gasteiger partial charge on any atom is 0.0816 e. The summed E-state index contributed by atoms with van der Waals surface area (Å²) in [4.78, 5) is 2.54. The number of rotatable bonds is 2. The topological polar surface area (TPSA) is 32.7 Å². The molecule has 2 unspecified atom stereocenters. The number of β-amino-alcohol motifs (C(OH)–C–C–N with tert-alkyl or cyclic N) is 1. The van der Waals surface area contributed by atoms with Gasteiger partial charge in [0.05, 0.1) is 11.2 Å². The standard InChI is InChI=1S/C16H27NO2S/c18-16(4-7-17(12-16)14-1-2-14)13-3-8-19-15(11-13)5-9-20-10-6-15/h13-14,18H,1-12H2. The van der Waals surface area contributed by atoms with Gasteiger partial charge in [0.1, 0.15) is 0 Å². The zero-order valence-electron chi connectivity index (χ0n) is 12.4. The fraction of sp³-hybridized carbons (Fsp3) is 1.00. The van der Waals surface area contributed by atoms with Gasteiger partial charge in [-0.2, -0.15) is 11.8 Å². The zero-order chi connectivity index (χ0) is 13.6. The largest absolute Gasteiger partial charge is 0.388 e. The summed E-state index contributed by atoms with van der Waals surface area (Å²) in [7, 11) is 0. The molecule has 1 spiro atoms. The van der Waals surface area contributed by atoms with Crippen LogP contribution in [0.3, 0.4) is 0 Å². The van der Waals surface area contributed by atoms with Crippen molar-refractivity contribution in [2.45, 2.75) is 62.2 Å². The van der Waals surface area contributed by atoms with Crippen molar-refractivity contribution in [3.05, 3.63) is 0 Å². The number of hydrogen-bond donors (Lipinski definition) is 1. The van der Waals surface area contributed by atoms with Crippen molar-refractivity contribution >= 4 is 11.8 Å². The minimum absolute atomic E-state index is 0.108. The summed E-state index contributed by atoms with van der Waals surface area (Å²) < 4.78 is 6.19. The molecule has 3 aliphatic heterocycles. The lowest BCUT2D eigenvalue weighted by Crippen LogP contribution is -2.51.